The first-order valence-corrected chi connectivity index (χ1v) is 5.73. The fourth-order valence-electron chi connectivity index (χ4n) is 1.28. The smallest absolute Gasteiger partial charge is 0.239 e. The Morgan fingerprint density at radius 3 is 2.78 bits per heavy atom. The van der Waals surface area contributed by atoms with E-state index in [9.17, 15) is 4.79 Å². The number of nitrogens with one attached hydrogen (secondary N) is 3. The Hall–Kier alpha value is -1.60. The molecule has 0 aliphatic rings. The average Bonchev–Trinajstić information content (AvgIpc) is 2.36. The molecule has 8 heteroatoms. The molecule has 0 fully saturated rings. The van der Waals surface area contributed by atoms with Gasteiger partial charge in [-0.3, -0.25) is 10.2 Å². The van der Waals surface area contributed by atoms with E-state index in [0.717, 1.165) is 0 Å². The minimum absolute atomic E-state index is 0.0719. The minimum Gasteiger partial charge on any atom is -0.368 e. The lowest BCUT2D eigenvalue weighted by molar-refractivity contribution is -0.128. The van der Waals surface area contributed by atoms with Gasteiger partial charge in [0.05, 0.1) is 11.6 Å². The molecule has 0 bridgehead atoms. The van der Waals surface area contributed by atoms with Crippen molar-refractivity contribution in [3.05, 3.63) is 11.2 Å². The first-order valence-electron chi connectivity index (χ1n) is 5.36. The van der Waals surface area contributed by atoms with Crippen molar-refractivity contribution in [3.8, 4) is 0 Å². The van der Waals surface area contributed by atoms with E-state index in [2.05, 4.69) is 26.0 Å². The molecule has 0 saturated heterocycles. The molecule has 1 aromatic heterocycles. The number of aromatic nitrogens is 2. The van der Waals surface area contributed by atoms with Gasteiger partial charge in [-0.25, -0.2) is 10.8 Å². The molecule has 100 valence electrons. The third-order valence-corrected chi connectivity index (χ3v) is 2.69. The summed E-state index contributed by atoms with van der Waals surface area (Å²) in [7, 11) is 1.60. The monoisotopic (exact) mass is 272 g/mol. The van der Waals surface area contributed by atoms with Crippen LogP contribution in [0.3, 0.4) is 0 Å². The zero-order valence-corrected chi connectivity index (χ0v) is 11.3. The van der Waals surface area contributed by atoms with Crippen LogP contribution in [0, 0.1) is 5.41 Å². The van der Waals surface area contributed by atoms with Crippen molar-refractivity contribution in [1.29, 1.82) is 0 Å². The van der Waals surface area contributed by atoms with Crippen LogP contribution in [0.25, 0.3) is 0 Å². The summed E-state index contributed by atoms with van der Waals surface area (Å²) in [4.78, 5) is 19.5. The predicted octanol–water partition coefficient (Wildman–Crippen LogP) is 0.600. The topological polar surface area (TPSA) is 105 Å². The van der Waals surface area contributed by atoms with E-state index in [4.69, 9.17) is 17.4 Å². The number of anilines is 2. The Bertz CT molecular complexity index is 436. The van der Waals surface area contributed by atoms with Crippen molar-refractivity contribution in [1.82, 2.24) is 15.3 Å². The van der Waals surface area contributed by atoms with Gasteiger partial charge in [0, 0.05) is 13.6 Å². The number of amides is 1. The third-order valence-electron chi connectivity index (χ3n) is 2.41. The number of rotatable bonds is 5. The first kappa shape index (κ1) is 14.5. The number of nitrogens with two attached hydrogens (primary N) is 1. The maximum Gasteiger partial charge on any atom is 0.239 e. The van der Waals surface area contributed by atoms with Crippen LogP contribution in [0.1, 0.15) is 13.8 Å². The van der Waals surface area contributed by atoms with Crippen molar-refractivity contribution in [2.45, 2.75) is 13.8 Å². The van der Waals surface area contributed by atoms with Crippen molar-refractivity contribution in [2.24, 2.45) is 11.3 Å². The number of halogens is 1. The fraction of sp³-hybridized carbons (Fsp3) is 0.500. The molecule has 0 atom stereocenters. The fourth-order valence-corrected chi connectivity index (χ4v) is 1.44. The SMILES string of the molecule is CNC(=O)C(C)(C)CNc1nc(NN)ncc1Cl. The number of hydrogen-bond donors (Lipinski definition) is 4. The summed E-state index contributed by atoms with van der Waals surface area (Å²) in [6, 6.07) is 0. The first-order chi connectivity index (χ1) is 8.40. The zero-order chi connectivity index (χ0) is 13.8. The van der Waals surface area contributed by atoms with E-state index in [1.807, 2.05) is 13.8 Å². The number of hydrogen-bond acceptors (Lipinski definition) is 6. The number of carbonyl (C=O) groups excluding carboxylic acids is 1. The lowest BCUT2D eigenvalue weighted by Gasteiger charge is -2.23. The quantitative estimate of drug-likeness (QED) is 0.462. The molecule has 1 heterocycles. The molecule has 0 unspecified atom stereocenters. The Kier molecular flexibility index (Phi) is 4.69. The van der Waals surface area contributed by atoms with Gasteiger partial charge in [0.15, 0.2) is 5.82 Å². The molecule has 1 aromatic rings. The highest BCUT2D eigenvalue weighted by atomic mass is 35.5. The lowest BCUT2D eigenvalue weighted by atomic mass is 9.92. The van der Waals surface area contributed by atoms with Gasteiger partial charge < -0.3 is 10.6 Å². The number of carbonyl (C=O) groups is 1. The van der Waals surface area contributed by atoms with E-state index in [1.165, 1.54) is 6.20 Å². The van der Waals surface area contributed by atoms with Gasteiger partial charge in [-0.05, 0) is 13.8 Å². The molecule has 5 N–H and O–H groups in total. The van der Waals surface area contributed by atoms with Crippen LogP contribution in [0.2, 0.25) is 5.02 Å². The van der Waals surface area contributed by atoms with Crippen molar-refractivity contribution < 1.29 is 4.79 Å². The molecular formula is C10H17ClN6O. The average molecular weight is 273 g/mol. The molecule has 1 rings (SSSR count). The minimum atomic E-state index is -0.584. The Morgan fingerprint density at radius 2 is 2.22 bits per heavy atom. The van der Waals surface area contributed by atoms with Gasteiger partial charge in [0.1, 0.15) is 5.02 Å². The summed E-state index contributed by atoms with van der Waals surface area (Å²) in [5.74, 6) is 5.82. The highest BCUT2D eigenvalue weighted by molar-refractivity contribution is 6.32. The van der Waals surface area contributed by atoms with E-state index in [0.29, 0.717) is 17.4 Å². The van der Waals surface area contributed by atoms with Gasteiger partial charge in [0.25, 0.3) is 0 Å². The molecule has 0 spiro atoms. The van der Waals surface area contributed by atoms with Crippen LogP contribution in [0.15, 0.2) is 6.20 Å². The van der Waals surface area contributed by atoms with E-state index >= 15 is 0 Å². The number of nitrogens with zero attached hydrogens (tertiary/aromatic N) is 2. The second kappa shape index (κ2) is 5.83. The van der Waals surface area contributed by atoms with Crippen LogP contribution >= 0.6 is 11.6 Å². The third kappa shape index (κ3) is 3.44. The number of nitrogen functional groups attached to an aromatic ring is 1. The summed E-state index contributed by atoms with van der Waals surface area (Å²) in [6.45, 7) is 4.01. The van der Waals surface area contributed by atoms with Crippen molar-refractivity contribution in [2.75, 3.05) is 24.3 Å². The summed E-state index contributed by atoms with van der Waals surface area (Å²) in [5, 5.41) is 5.97. The molecule has 0 aliphatic heterocycles. The molecule has 0 radical (unpaired) electrons. The lowest BCUT2D eigenvalue weighted by Crippen LogP contribution is -2.39. The highest BCUT2D eigenvalue weighted by Crippen LogP contribution is 2.22. The molecule has 7 nitrogen and oxygen atoms in total. The second-order valence-electron chi connectivity index (χ2n) is 4.35. The van der Waals surface area contributed by atoms with Gasteiger partial charge in [-0.1, -0.05) is 11.6 Å². The van der Waals surface area contributed by atoms with Crippen LogP contribution < -0.4 is 21.9 Å². The predicted molar refractivity (Wildman–Crippen MR) is 71.2 cm³/mol. The molecule has 1 amide bonds. The molecule has 18 heavy (non-hydrogen) atoms. The normalized spacial score (nSPS) is 10.9. The van der Waals surface area contributed by atoms with Crippen molar-refractivity contribution >= 4 is 29.3 Å². The van der Waals surface area contributed by atoms with Gasteiger partial charge in [0.2, 0.25) is 11.9 Å². The molecule has 0 aliphatic carbocycles. The summed E-state index contributed by atoms with van der Waals surface area (Å²) in [6.07, 6.45) is 1.43. The maximum atomic E-state index is 11.6. The van der Waals surface area contributed by atoms with Gasteiger partial charge >= 0.3 is 0 Å². The van der Waals surface area contributed by atoms with Gasteiger partial charge in [-0.2, -0.15) is 4.98 Å². The Labute approximate surface area is 110 Å². The maximum absolute atomic E-state index is 11.6. The Morgan fingerprint density at radius 1 is 1.56 bits per heavy atom. The molecule has 0 aromatic carbocycles. The van der Waals surface area contributed by atoms with E-state index in [1.54, 1.807) is 7.05 Å². The van der Waals surface area contributed by atoms with E-state index in [-0.39, 0.29) is 11.9 Å². The standard InChI is InChI=1S/C10H17ClN6O/c1-10(2,8(18)13-3)5-15-7-6(11)4-14-9(16-7)17-12/h4H,5,12H2,1-3H3,(H,13,18)(H2,14,15,16,17). The van der Waals surface area contributed by atoms with Crippen molar-refractivity contribution in [3.63, 3.8) is 0 Å². The number of hydrazine groups is 1. The highest BCUT2D eigenvalue weighted by Gasteiger charge is 2.26. The largest absolute Gasteiger partial charge is 0.368 e. The van der Waals surface area contributed by atoms with Crippen LogP contribution in [-0.2, 0) is 4.79 Å². The Balaban J connectivity index is 2.77. The van der Waals surface area contributed by atoms with Crippen LogP contribution in [0.5, 0.6) is 0 Å². The van der Waals surface area contributed by atoms with Crippen LogP contribution in [-0.4, -0.2) is 29.5 Å². The molecule has 0 saturated carbocycles. The molecular weight excluding hydrogens is 256 g/mol. The zero-order valence-electron chi connectivity index (χ0n) is 10.5. The van der Waals surface area contributed by atoms with Crippen LogP contribution in [0.4, 0.5) is 11.8 Å². The van der Waals surface area contributed by atoms with E-state index < -0.39 is 5.41 Å². The van der Waals surface area contributed by atoms with Gasteiger partial charge in [-0.15, -0.1) is 0 Å². The second-order valence-corrected chi connectivity index (χ2v) is 4.76. The summed E-state index contributed by atoms with van der Waals surface area (Å²) < 4.78 is 0. The summed E-state index contributed by atoms with van der Waals surface area (Å²) >= 11 is 5.94. The summed E-state index contributed by atoms with van der Waals surface area (Å²) in [5.41, 5.74) is 1.74.